The van der Waals surface area contributed by atoms with E-state index in [1.807, 2.05) is 0 Å². The predicted octanol–water partition coefficient (Wildman–Crippen LogP) is 8.71. The molecule has 3 aliphatic rings. The molecule has 3 aromatic carbocycles. The van der Waals surface area contributed by atoms with Crippen molar-refractivity contribution in [2.24, 2.45) is 5.92 Å². The third-order valence-corrected chi connectivity index (χ3v) is 9.92. The van der Waals surface area contributed by atoms with Crippen LogP contribution in [-0.2, 0) is 22.4 Å². The summed E-state index contributed by atoms with van der Waals surface area (Å²) in [6, 6.07) is 16.5. The van der Waals surface area contributed by atoms with Gasteiger partial charge < -0.3 is 18.9 Å². The quantitative estimate of drug-likeness (QED) is 0.126. The number of aromatic amines is 1. The van der Waals surface area contributed by atoms with Gasteiger partial charge in [-0.05, 0) is 99.3 Å². The number of carbonyl (C=O) groups excluding carboxylic acids is 2. The number of hydrogen-bond acceptors (Lipinski definition) is 7. The first-order valence-electron chi connectivity index (χ1n) is 17.3. The lowest BCUT2D eigenvalue weighted by atomic mass is 9.86. The van der Waals surface area contributed by atoms with Crippen LogP contribution in [-0.4, -0.2) is 55.4 Å². The lowest BCUT2D eigenvalue weighted by Crippen LogP contribution is -2.53. The number of fused-ring (bicyclic) bond motifs is 3. The molecule has 7 rings (SSSR count). The summed E-state index contributed by atoms with van der Waals surface area (Å²) in [5.74, 6) is -1.13. The van der Waals surface area contributed by atoms with Crippen LogP contribution in [0.1, 0.15) is 59.8 Å². The average molecular weight is 774 g/mol. The van der Waals surface area contributed by atoms with Crippen molar-refractivity contribution < 1.29 is 46.7 Å². The van der Waals surface area contributed by atoms with Crippen LogP contribution in [0.15, 0.2) is 79.1 Å². The summed E-state index contributed by atoms with van der Waals surface area (Å²) in [6.45, 7) is 2.96. The standard InChI is InChI=1S/C39H38Cl2F3N3O6/c1-23(2)50-35-16-26(9-10-33(35)52-38(43)44)34(18-30-31(40)19-45-20-32(30)41)51-37(48)27-6-3-5-24(15-27)21-47(29-8-4-7-28(42)17-29)39(49)53-36-22-46-13-11-25(36)12-14-46/h3-10,15-17,19-20,23,25,34,36,38H,11-14,18,21-22H2,1-2H3/p+1/t34-,36-/m0/s1. The van der Waals surface area contributed by atoms with E-state index in [0.29, 0.717) is 39.0 Å². The zero-order chi connectivity index (χ0) is 37.6. The second-order valence-corrected chi connectivity index (χ2v) is 14.1. The van der Waals surface area contributed by atoms with Crippen molar-refractivity contribution in [3.05, 3.63) is 117 Å². The molecule has 0 radical (unpaired) electrons. The normalized spacial score (nSPS) is 18.5. The van der Waals surface area contributed by atoms with E-state index in [-0.39, 0.29) is 48.2 Å². The van der Waals surface area contributed by atoms with Crippen LogP contribution in [0.5, 0.6) is 11.5 Å². The van der Waals surface area contributed by atoms with Crippen molar-refractivity contribution in [1.82, 2.24) is 4.90 Å². The maximum absolute atomic E-state index is 14.4. The molecule has 2 atom stereocenters. The van der Waals surface area contributed by atoms with Gasteiger partial charge in [-0.25, -0.2) is 19.0 Å². The maximum atomic E-state index is 14.4. The molecule has 0 unspecified atom stereocenters. The minimum Gasteiger partial charge on any atom is -0.487 e. The maximum Gasteiger partial charge on any atom is 0.414 e. The number of esters is 1. The molecule has 3 aliphatic heterocycles. The number of piperidine rings is 3. The highest BCUT2D eigenvalue weighted by molar-refractivity contribution is 6.35. The van der Waals surface area contributed by atoms with Crippen molar-refractivity contribution in [1.29, 1.82) is 0 Å². The summed E-state index contributed by atoms with van der Waals surface area (Å²) in [6.07, 6.45) is 2.69. The van der Waals surface area contributed by atoms with Crippen LogP contribution in [0.4, 0.5) is 23.7 Å². The van der Waals surface area contributed by atoms with Gasteiger partial charge >= 0.3 is 18.7 Å². The molecule has 0 aliphatic carbocycles. The molecule has 4 heterocycles. The number of benzene rings is 3. The van der Waals surface area contributed by atoms with Gasteiger partial charge in [-0.2, -0.15) is 8.78 Å². The first kappa shape index (κ1) is 38.2. The van der Waals surface area contributed by atoms with E-state index < -0.39 is 30.6 Å². The number of amides is 1. The molecular formula is C39H39Cl2F3N3O6+. The fourth-order valence-electron chi connectivity index (χ4n) is 6.67. The van der Waals surface area contributed by atoms with Gasteiger partial charge in [0.1, 0.15) is 28.1 Å². The van der Waals surface area contributed by atoms with E-state index >= 15 is 0 Å². The van der Waals surface area contributed by atoms with Crippen LogP contribution in [0.3, 0.4) is 0 Å². The fraction of sp³-hybridized carbons (Fsp3) is 0.359. The Hall–Kier alpha value is -4.52. The van der Waals surface area contributed by atoms with E-state index in [4.69, 9.17) is 37.4 Å². The Bertz CT molecular complexity index is 1910. The van der Waals surface area contributed by atoms with E-state index in [2.05, 4.69) is 14.6 Å². The van der Waals surface area contributed by atoms with Gasteiger partial charge in [-0.3, -0.25) is 9.80 Å². The largest absolute Gasteiger partial charge is 0.487 e. The van der Waals surface area contributed by atoms with Crippen molar-refractivity contribution in [2.75, 3.05) is 24.5 Å². The minimum atomic E-state index is -3.09. The smallest absolute Gasteiger partial charge is 0.414 e. The van der Waals surface area contributed by atoms with Gasteiger partial charge in [0.25, 0.3) is 0 Å². The molecule has 14 heteroatoms. The number of ether oxygens (including phenoxy) is 4. The number of H-pyrrole nitrogens is 1. The number of rotatable bonds is 13. The Morgan fingerprint density at radius 3 is 2.34 bits per heavy atom. The SMILES string of the molecule is CC(C)Oc1cc([C@H](Cc2c(Cl)c[nH+]cc2Cl)OC(=O)c2cccc(CN(C(=O)O[C@H]3CN4CCC3CC4)c3cccc(F)c3)c2)ccc1OC(F)F. The molecule has 53 heavy (non-hydrogen) atoms. The minimum absolute atomic E-state index is 0.0206. The molecular weight excluding hydrogens is 734 g/mol. The van der Waals surface area contributed by atoms with Gasteiger partial charge in [0.2, 0.25) is 0 Å². The molecule has 3 saturated heterocycles. The van der Waals surface area contributed by atoms with Crippen LogP contribution in [0.2, 0.25) is 10.0 Å². The Labute approximate surface area is 315 Å². The van der Waals surface area contributed by atoms with E-state index in [1.54, 1.807) is 44.2 Å². The number of pyridine rings is 1. The Morgan fingerprint density at radius 1 is 0.943 bits per heavy atom. The van der Waals surface area contributed by atoms with Gasteiger partial charge in [0.15, 0.2) is 23.9 Å². The summed E-state index contributed by atoms with van der Waals surface area (Å²) >= 11 is 13.0. The van der Waals surface area contributed by atoms with E-state index in [1.165, 1.54) is 53.7 Å². The number of nitrogens with zero attached hydrogens (tertiary/aromatic N) is 2. The zero-order valence-corrected chi connectivity index (χ0v) is 30.6. The second kappa shape index (κ2) is 17.1. The monoisotopic (exact) mass is 772 g/mol. The number of carbonyl (C=O) groups is 2. The van der Waals surface area contributed by atoms with Crippen LogP contribution < -0.4 is 19.4 Å². The molecule has 3 fully saturated rings. The number of nitrogens with one attached hydrogen (secondary N) is 1. The van der Waals surface area contributed by atoms with Crippen LogP contribution in [0, 0.1) is 11.7 Å². The topological polar surface area (TPSA) is 91.7 Å². The Morgan fingerprint density at radius 2 is 1.68 bits per heavy atom. The Kier molecular flexibility index (Phi) is 12.3. The van der Waals surface area contributed by atoms with Crippen molar-refractivity contribution in [3.63, 3.8) is 0 Å². The summed E-state index contributed by atoms with van der Waals surface area (Å²) in [5, 5.41) is 0.582. The summed E-state index contributed by atoms with van der Waals surface area (Å²) in [7, 11) is 0. The highest BCUT2D eigenvalue weighted by atomic mass is 35.5. The molecule has 1 amide bonds. The van der Waals surface area contributed by atoms with Crippen LogP contribution >= 0.6 is 23.2 Å². The highest BCUT2D eigenvalue weighted by Crippen LogP contribution is 2.37. The van der Waals surface area contributed by atoms with E-state index in [9.17, 15) is 22.8 Å². The average Bonchev–Trinajstić information content (AvgIpc) is 3.12. The number of alkyl halides is 2. The van der Waals surface area contributed by atoms with Gasteiger partial charge in [0.05, 0.1) is 23.9 Å². The predicted molar refractivity (Wildman–Crippen MR) is 192 cm³/mol. The fourth-order valence-corrected chi connectivity index (χ4v) is 7.20. The number of halogens is 5. The second-order valence-electron chi connectivity index (χ2n) is 13.3. The molecule has 9 nitrogen and oxygen atoms in total. The molecule has 0 saturated carbocycles. The summed E-state index contributed by atoms with van der Waals surface area (Å²) in [4.78, 5) is 34.1. The van der Waals surface area contributed by atoms with Crippen molar-refractivity contribution in [3.8, 4) is 11.5 Å². The van der Waals surface area contributed by atoms with Gasteiger partial charge in [-0.1, -0.05) is 47.5 Å². The molecule has 280 valence electrons. The summed E-state index contributed by atoms with van der Waals surface area (Å²) in [5.41, 5.74) is 1.89. The van der Waals surface area contributed by atoms with Crippen LogP contribution in [0.25, 0.3) is 0 Å². The lowest BCUT2D eigenvalue weighted by molar-refractivity contribution is -0.377. The highest BCUT2D eigenvalue weighted by Gasteiger charge is 2.37. The van der Waals surface area contributed by atoms with Gasteiger partial charge in [-0.15, -0.1) is 0 Å². The number of hydrogen-bond donors (Lipinski definition) is 0. The first-order valence-corrected chi connectivity index (χ1v) is 18.0. The molecule has 2 bridgehead atoms. The van der Waals surface area contributed by atoms with E-state index in [0.717, 1.165) is 25.9 Å². The van der Waals surface area contributed by atoms with Crippen molar-refractivity contribution in [2.45, 2.75) is 64.6 Å². The Balaban J connectivity index is 1.27. The van der Waals surface area contributed by atoms with Crippen molar-refractivity contribution >= 4 is 41.0 Å². The third kappa shape index (κ3) is 9.73. The molecule has 4 aromatic rings. The molecule has 1 aromatic heterocycles. The zero-order valence-electron chi connectivity index (χ0n) is 29.1. The van der Waals surface area contributed by atoms with Gasteiger partial charge in [0, 0.05) is 18.5 Å². The third-order valence-electron chi connectivity index (χ3n) is 9.25. The lowest BCUT2D eigenvalue weighted by Gasteiger charge is -2.44. The molecule has 1 N–H and O–H groups in total. The summed E-state index contributed by atoms with van der Waals surface area (Å²) < 4.78 is 63.4. The molecule has 0 spiro atoms. The number of aromatic nitrogens is 1. The first-order chi connectivity index (χ1) is 25.4. The number of anilines is 1.